The van der Waals surface area contributed by atoms with Crippen LogP contribution in [0.4, 0.5) is 0 Å². The molecule has 8 heteroatoms. The zero-order valence-electron chi connectivity index (χ0n) is 7.95. The monoisotopic (exact) mass is 254 g/mol. The van der Waals surface area contributed by atoms with Crippen molar-refractivity contribution in [3.8, 4) is 0 Å². The highest BCUT2D eigenvalue weighted by Gasteiger charge is 2.26. The molecule has 0 saturated carbocycles. The largest absolute Gasteiger partial charge is 0.480 e. The summed E-state index contributed by atoms with van der Waals surface area (Å²) in [6, 6.07) is 0. The maximum atomic E-state index is 10.4. The van der Waals surface area contributed by atoms with E-state index in [9.17, 15) is 4.79 Å². The van der Waals surface area contributed by atoms with E-state index in [4.69, 9.17) is 16.6 Å². The molecule has 0 bridgehead atoms. The highest BCUT2D eigenvalue weighted by atomic mass is 35.5. The number of rotatable bonds is 4. The molecule has 0 aromatic carbocycles. The Kier molecular flexibility index (Phi) is 26.9. The molecule has 0 unspecified atom stereocenters. The predicted octanol–water partition coefficient (Wildman–Crippen LogP) is -1.28. The van der Waals surface area contributed by atoms with Gasteiger partial charge in [0, 0.05) is 0 Å². The summed E-state index contributed by atoms with van der Waals surface area (Å²) in [4.78, 5) is 10.4. The summed E-state index contributed by atoms with van der Waals surface area (Å²) in [6.07, 6.45) is 1.08. The molecule has 0 fully saturated rings. The van der Waals surface area contributed by atoms with Crippen LogP contribution in [0.1, 0.15) is 19.8 Å². The first-order chi connectivity index (χ1) is 4.50. The lowest BCUT2D eigenvalue weighted by molar-refractivity contribution is -0.142. The molecule has 9 N–H and O–H groups in total. The molecule has 92 valence electrons. The first kappa shape index (κ1) is 29.2. The molecule has 0 aliphatic rings. The first-order valence-corrected chi connectivity index (χ1v) is 3.23. The summed E-state index contributed by atoms with van der Waals surface area (Å²) in [5.74, 6) is -0.971. The highest BCUT2D eigenvalue weighted by molar-refractivity contribution is 5.85. The Morgan fingerprint density at radius 3 is 1.93 bits per heavy atom. The highest BCUT2D eigenvalue weighted by Crippen LogP contribution is 2.07. The maximum Gasteiger partial charge on any atom is 0.323 e. The summed E-state index contributed by atoms with van der Waals surface area (Å²) < 4.78 is 0. The van der Waals surface area contributed by atoms with E-state index in [1.165, 1.54) is 6.92 Å². The maximum absolute atomic E-state index is 10.4. The molecule has 1 atom stereocenters. The van der Waals surface area contributed by atoms with E-state index in [1.54, 1.807) is 0 Å². The second kappa shape index (κ2) is 12.9. The van der Waals surface area contributed by atoms with E-state index < -0.39 is 11.5 Å². The van der Waals surface area contributed by atoms with Crippen molar-refractivity contribution in [3.63, 3.8) is 0 Å². The van der Waals surface area contributed by atoms with E-state index in [0.717, 1.165) is 0 Å². The molecule has 0 radical (unpaired) electrons. The van der Waals surface area contributed by atoms with Gasteiger partial charge in [0.2, 0.25) is 0 Å². The van der Waals surface area contributed by atoms with Crippen LogP contribution in [0.3, 0.4) is 0 Å². The predicted molar refractivity (Wildman–Crippen MR) is 60.2 cm³/mol. The summed E-state index contributed by atoms with van der Waals surface area (Å²) >= 11 is 0. The Morgan fingerprint density at radius 1 is 1.36 bits per heavy atom. The topological polar surface area (TPSA) is 152 Å². The minimum absolute atomic E-state index is 0. The van der Waals surface area contributed by atoms with Crippen LogP contribution in [-0.2, 0) is 4.79 Å². The third-order valence-corrected chi connectivity index (χ3v) is 1.39. The van der Waals surface area contributed by atoms with Gasteiger partial charge in [-0.1, -0.05) is 0 Å². The Bertz CT molecular complexity index is 135. The van der Waals surface area contributed by atoms with Crippen molar-refractivity contribution >= 4 is 30.8 Å². The van der Waals surface area contributed by atoms with Crippen LogP contribution in [-0.4, -0.2) is 34.1 Å². The number of hydrogen-bond acceptors (Lipinski definition) is 3. The van der Waals surface area contributed by atoms with Gasteiger partial charge in [0.1, 0.15) is 5.54 Å². The molecule has 0 aliphatic heterocycles. The lowest BCUT2D eigenvalue weighted by Crippen LogP contribution is -2.45. The molecule has 0 aromatic rings. The molecular formula is C6H20Cl2N2O4. The van der Waals surface area contributed by atoms with Crippen molar-refractivity contribution in [3.05, 3.63) is 0 Å². The molecule has 14 heavy (non-hydrogen) atoms. The van der Waals surface area contributed by atoms with Crippen molar-refractivity contribution in [2.75, 3.05) is 6.54 Å². The quantitative estimate of drug-likeness (QED) is 0.572. The first-order valence-electron chi connectivity index (χ1n) is 3.23. The van der Waals surface area contributed by atoms with Crippen molar-refractivity contribution in [2.45, 2.75) is 25.3 Å². The van der Waals surface area contributed by atoms with Gasteiger partial charge < -0.3 is 27.5 Å². The minimum atomic E-state index is -1.11. The average molecular weight is 255 g/mol. The fraction of sp³-hybridized carbons (Fsp3) is 0.833. The van der Waals surface area contributed by atoms with E-state index >= 15 is 0 Å². The average Bonchev–Trinajstić information content (AvgIpc) is 1.84. The molecule has 0 aromatic heterocycles. The Morgan fingerprint density at radius 2 is 1.71 bits per heavy atom. The molecule has 0 heterocycles. The number of nitrogens with two attached hydrogens (primary N) is 2. The van der Waals surface area contributed by atoms with Gasteiger partial charge >= 0.3 is 5.97 Å². The summed E-state index contributed by atoms with van der Waals surface area (Å²) in [5.41, 5.74) is 9.47. The Hall–Kier alpha value is -0.110. The molecule has 6 nitrogen and oxygen atoms in total. The van der Waals surface area contributed by atoms with Gasteiger partial charge in [0.15, 0.2) is 0 Å². The van der Waals surface area contributed by atoms with Gasteiger partial charge in [0.05, 0.1) is 0 Å². The van der Waals surface area contributed by atoms with Crippen LogP contribution in [0.5, 0.6) is 0 Å². The van der Waals surface area contributed by atoms with E-state index in [0.29, 0.717) is 19.4 Å². The number of halogens is 2. The van der Waals surface area contributed by atoms with Gasteiger partial charge in [-0.15, -0.1) is 24.8 Å². The molecule has 0 amide bonds. The fourth-order valence-corrected chi connectivity index (χ4v) is 0.576. The smallest absolute Gasteiger partial charge is 0.323 e. The van der Waals surface area contributed by atoms with Gasteiger partial charge in [-0.05, 0) is 26.3 Å². The van der Waals surface area contributed by atoms with Crippen LogP contribution in [0.2, 0.25) is 0 Å². The van der Waals surface area contributed by atoms with Crippen molar-refractivity contribution < 1.29 is 20.9 Å². The fourth-order valence-electron chi connectivity index (χ4n) is 0.576. The Labute approximate surface area is 95.5 Å². The molecular weight excluding hydrogens is 235 g/mol. The van der Waals surface area contributed by atoms with E-state index in [1.807, 2.05) is 0 Å². The molecule has 0 rings (SSSR count). The van der Waals surface area contributed by atoms with Crippen LogP contribution in [0, 0.1) is 0 Å². The summed E-state index contributed by atoms with van der Waals surface area (Å²) in [5, 5.41) is 8.50. The zero-order chi connectivity index (χ0) is 8.20. The van der Waals surface area contributed by atoms with Crippen LogP contribution < -0.4 is 11.5 Å². The van der Waals surface area contributed by atoms with Crippen molar-refractivity contribution in [1.29, 1.82) is 0 Å². The van der Waals surface area contributed by atoms with Gasteiger partial charge in [-0.3, -0.25) is 4.79 Å². The van der Waals surface area contributed by atoms with Gasteiger partial charge in [-0.25, -0.2) is 0 Å². The number of aliphatic carboxylic acids is 1. The summed E-state index contributed by atoms with van der Waals surface area (Å²) in [7, 11) is 0. The van der Waals surface area contributed by atoms with Crippen molar-refractivity contribution in [2.24, 2.45) is 11.5 Å². The van der Waals surface area contributed by atoms with Gasteiger partial charge in [-0.2, -0.15) is 0 Å². The number of carboxylic acids is 1. The second-order valence-electron chi connectivity index (χ2n) is 2.61. The third-order valence-electron chi connectivity index (χ3n) is 1.39. The standard InChI is InChI=1S/C6H14N2O2.2ClH.2H2O/c1-6(8,5(9)10)3-2-4-7;;;;/h2-4,7-8H2,1H3,(H,9,10);2*1H;2*1H2/t6-;;;;/m0..../s1. The van der Waals surface area contributed by atoms with E-state index in [2.05, 4.69) is 0 Å². The van der Waals surface area contributed by atoms with Crippen LogP contribution in [0.15, 0.2) is 0 Å². The summed E-state index contributed by atoms with van der Waals surface area (Å²) in [6.45, 7) is 1.98. The number of carbonyl (C=O) groups is 1. The molecule has 0 saturated heterocycles. The molecule has 0 spiro atoms. The SMILES string of the molecule is C[C@](N)(CCCN)C(=O)O.Cl.Cl.O.O. The van der Waals surface area contributed by atoms with Crippen LogP contribution >= 0.6 is 24.8 Å². The third kappa shape index (κ3) is 11.9. The minimum Gasteiger partial charge on any atom is -0.480 e. The lowest BCUT2D eigenvalue weighted by atomic mass is 9.98. The zero-order valence-corrected chi connectivity index (χ0v) is 9.58. The second-order valence-corrected chi connectivity index (χ2v) is 2.61. The molecule has 0 aliphatic carbocycles. The normalized spacial score (nSPS) is 11.6. The number of hydrogen-bond donors (Lipinski definition) is 3. The van der Waals surface area contributed by atoms with Gasteiger partial charge in [0.25, 0.3) is 0 Å². The van der Waals surface area contributed by atoms with Crippen molar-refractivity contribution in [1.82, 2.24) is 0 Å². The van der Waals surface area contributed by atoms with E-state index in [-0.39, 0.29) is 35.8 Å². The number of carboxylic acid groups (broad SMARTS) is 1. The van der Waals surface area contributed by atoms with Crippen LogP contribution in [0.25, 0.3) is 0 Å². The lowest BCUT2D eigenvalue weighted by Gasteiger charge is -2.17. The Balaban J connectivity index is -0.0000000675.